The molecule has 0 atom stereocenters. The summed E-state index contributed by atoms with van der Waals surface area (Å²) >= 11 is 3.21. The zero-order chi connectivity index (χ0) is 15.5. The monoisotopic (exact) mass is 372 g/mol. The maximum Gasteiger partial charge on any atom is 0.264 e. The van der Waals surface area contributed by atoms with Gasteiger partial charge < -0.3 is 5.32 Å². The van der Waals surface area contributed by atoms with Gasteiger partial charge in [-0.05, 0) is 31.3 Å². The zero-order valence-electron chi connectivity index (χ0n) is 11.2. The Morgan fingerprint density at radius 3 is 2.48 bits per heavy atom. The Labute approximate surface area is 131 Å². The molecule has 2 rings (SSSR count). The van der Waals surface area contributed by atoms with Crippen molar-refractivity contribution in [2.75, 3.05) is 11.8 Å². The molecule has 0 aromatic heterocycles. The van der Waals surface area contributed by atoms with E-state index in [0.717, 1.165) is 0 Å². The minimum Gasteiger partial charge on any atom is -0.316 e. The van der Waals surface area contributed by atoms with E-state index in [1.54, 1.807) is 43.4 Å². The molecule has 0 aliphatic heterocycles. The first-order valence-electron chi connectivity index (χ1n) is 6.14. The van der Waals surface area contributed by atoms with Gasteiger partial charge in [0.1, 0.15) is 10.7 Å². The summed E-state index contributed by atoms with van der Waals surface area (Å²) in [4.78, 5) is -0.383. The Kier molecular flexibility index (Phi) is 4.97. The fraction of sp³-hybridized carbons (Fsp3) is 0.143. The summed E-state index contributed by atoms with van der Waals surface area (Å²) in [5, 5.41) is 2.80. The predicted molar refractivity (Wildman–Crippen MR) is 84.1 cm³/mol. The highest BCUT2D eigenvalue weighted by molar-refractivity contribution is 9.10. The number of benzene rings is 2. The van der Waals surface area contributed by atoms with Gasteiger partial charge in [-0.1, -0.05) is 34.1 Å². The maximum atomic E-state index is 14.4. The van der Waals surface area contributed by atoms with Crippen LogP contribution in [0.15, 0.2) is 51.8 Å². The smallest absolute Gasteiger partial charge is 0.264 e. The number of hydrogen-bond acceptors (Lipinski definition) is 3. The number of halogens is 2. The van der Waals surface area contributed by atoms with E-state index in [9.17, 15) is 12.8 Å². The highest BCUT2D eigenvalue weighted by Crippen LogP contribution is 2.25. The highest BCUT2D eigenvalue weighted by atomic mass is 79.9. The minimum absolute atomic E-state index is 0.235. The Morgan fingerprint density at radius 1 is 1.19 bits per heavy atom. The quantitative estimate of drug-likeness (QED) is 0.847. The van der Waals surface area contributed by atoms with Crippen molar-refractivity contribution in [3.8, 4) is 0 Å². The Morgan fingerprint density at radius 2 is 1.86 bits per heavy atom. The molecule has 0 fully saturated rings. The fourth-order valence-corrected chi connectivity index (χ4v) is 3.71. The van der Waals surface area contributed by atoms with Crippen LogP contribution in [-0.4, -0.2) is 15.5 Å². The van der Waals surface area contributed by atoms with Gasteiger partial charge >= 0.3 is 0 Å². The molecule has 0 aliphatic carbocycles. The van der Waals surface area contributed by atoms with Crippen molar-refractivity contribution in [3.05, 3.63) is 58.3 Å². The van der Waals surface area contributed by atoms with Crippen molar-refractivity contribution in [2.24, 2.45) is 0 Å². The summed E-state index contributed by atoms with van der Waals surface area (Å²) in [5.74, 6) is -0.754. The number of nitrogens with one attached hydrogen (secondary N) is 2. The SMILES string of the molecule is CNCc1cc(Br)cc(S(=O)(=O)Nc2ccccc2)c1F. The number of anilines is 1. The molecule has 0 heterocycles. The lowest BCUT2D eigenvalue weighted by molar-refractivity contribution is 0.555. The molecule has 0 spiro atoms. The van der Waals surface area contributed by atoms with Gasteiger partial charge in [-0.3, -0.25) is 4.72 Å². The van der Waals surface area contributed by atoms with Gasteiger partial charge in [0.2, 0.25) is 0 Å². The lowest BCUT2D eigenvalue weighted by Crippen LogP contribution is -2.17. The summed E-state index contributed by atoms with van der Waals surface area (Å²) in [6, 6.07) is 11.2. The van der Waals surface area contributed by atoms with E-state index in [0.29, 0.717) is 10.2 Å². The first-order valence-corrected chi connectivity index (χ1v) is 8.42. The van der Waals surface area contributed by atoms with Crippen LogP contribution in [0.3, 0.4) is 0 Å². The molecular weight excluding hydrogens is 359 g/mol. The second kappa shape index (κ2) is 6.55. The predicted octanol–water partition coefficient (Wildman–Crippen LogP) is 3.11. The van der Waals surface area contributed by atoms with Gasteiger partial charge in [-0.25, -0.2) is 12.8 Å². The number of rotatable bonds is 5. The van der Waals surface area contributed by atoms with Crippen LogP contribution in [-0.2, 0) is 16.6 Å². The van der Waals surface area contributed by atoms with Crippen LogP contribution in [0.1, 0.15) is 5.56 Å². The Hall–Kier alpha value is -1.44. The van der Waals surface area contributed by atoms with E-state index in [-0.39, 0.29) is 17.0 Å². The van der Waals surface area contributed by atoms with E-state index < -0.39 is 15.8 Å². The molecule has 0 amide bonds. The molecule has 0 aliphatic rings. The molecule has 7 heteroatoms. The summed E-state index contributed by atoms with van der Waals surface area (Å²) < 4.78 is 41.9. The first-order chi connectivity index (χ1) is 9.94. The van der Waals surface area contributed by atoms with Crippen LogP contribution >= 0.6 is 15.9 Å². The summed E-state index contributed by atoms with van der Waals surface area (Å²) in [5.41, 5.74) is 0.660. The van der Waals surface area contributed by atoms with Gasteiger partial charge in [0.05, 0.1) is 0 Å². The molecule has 21 heavy (non-hydrogen) atoms. The Balaban J connectivity index is 2.45. The molecule has 0 saturated carbocycles. The highest BCUT2D eigenvalue weighted by Gasteiger charge is 2.22. The van der Waals surface area contributed by atoms with Crippen LogP contribution in [0, 0.1) is 5.82 Å². The Bertz CT molecular complexity index is 736. The third-order valence-electron chi connectivity index (χ3n) is 2.76. The van der Waals surface area contributed by atoms with Crippen molar-refractivity contribution < 1.29 is 12.8 Å². The van der Waals surface area contributed by atoms with Gasteiger partial charge in [0.25, 0.3) is 10.0 Å². The van der Waals surface area contributed by atoms with E-state index in [1.807, 2.05) is 0 Å². The molecule has 0 saturated heterocycles. The van der Waals surface area contributed by atoms with Crippen molar-refractivity contribution in [2.45, 2.75) is 11.4 Å². The molecule has 0 bridgehead atoms. The van der Waals surface area contributed by atoms with Gasteiger partial charge in [-0.15, -0.1) is 0 Å². The third-order valence-corrected chi connectivity index (χ3v) is 4.60. The van der Waals surface area contributed by atoms with E-state index >= 15 is 0 Å². The lowest BCUT2D eigenvalue weighted by atomic mass is 10.2. The molecule has 112 valence electrons. The topological polar surface area (TPSA) is 58.2 Å². The van der Waals surface area contributed by atoms with E-state index in [1.165, 1.54) is 6.07 Å². The molecule has 0 radical (unpaired) electrons. The van der Waals surface area contributed by atoms with Crippen molar-refractivity contribution in [1.29, 1.82) is 0 Å². The van der Waals surface area contributed by atoms with Gasteiger partial charge in [0.15, 0.2) is 0 Å². The minimum atomic E-state index is -3.99. The molecule has 2 aromatic carbocycles. The average molecular weight is 373 g/mol. The molecule has 2 N–H and O–H groups in total. The van der Waals surface area contributed by atoms with Crippen LogP contribution in [0.25, 0.3) is 0 Å². The summed E-state index contributed by atoms with van der Waals surface area (Å²) in [7, 11) is -2.33. The van der Waals surface area contributed by atoms with Crippen LogP contribution in [0.4, 0.5) is 10.1 Å². The second-order valence-electron chi connectivity index (χ2n) is 4.38. The van der Waals surface area contributed by atoms with Crippen LogP contribution in [0.2, 0.25) is 0 Å². The van der Waals surface area contributed by atoms with Crippen molar-refractivity contribution >= 4 is 31.6 Å². The van der Waals surface area contributed by atoms with Crippen molar-refractivity contribution in [3.63, 3.8) is 0 Å². The fourth-order valence-electron chi connectivity index (χ4n) is 1.85. The zero-order valence-corrected chi connectivity index (χ0v) is 13.6. The number of para-hydroxylation sites is 1. The van der Waals surface area contributed by atoms with E-state index in [2.05, 4.69) is 26.0 Å². The number of hydrogen-bond donors (Lipinski definition) is 2. The van der Waals surface area contributed by atoms with Crippen LogP contribution in [0.5, 0.6) is 0 Å². The third kappa shape index (κ3) is 3.81. The van der Waals surface area contributed by atoms with Gasteiger partial charge in [0, 0.05) is 22.3 Å². The normalized spacial score (nSPS) is 11.4. The molecule has 4 nitrogen and oxygen atoms in total. The first kappa shape index (κ1) is 15.9. The summed E-state index contributed by atoms with van der Waals surface area (Å²) in [6.07, 6.45) is 0. The lowest BCUT2D eigenvalue weighted by Gasteiger charge is -2.12. The largest absolute Gasteiger partial charge is 0.316 e. The van der Waals surface area contributed by atoms with Crippen LogP contribution < -0.4 is 10.0 Å². The average Bonchev–Trinajstić information content (AvgIpc) is 2.43. The second-order valence-corrected chi connectivity index (χ2v) is 6.95. The number of sulfonamides is 1. The van der Waals surface area contributed by atoms with Crippen molar-refractivity contribution in [1.82, 2.24) is 5.32 Å². The molecule has 0 unspecified atom stereocenters. The van der Waals surface area contributed by atoms with Gasteiger partial charge in [-0.2, -0.15) is 0 Å². The summed E-state index contributed by atoms with van der Waals surface area (Å²) in [6.45, 7) is 0.235. The molecule has 2 aromatic rings. The van der Waals surface area contributed by atoms with E-state index in [4.69, 9.17) is 0 Å². The maximum absolute atomic E-state index is 14.4. The molecular formula is C14H14BrFN2O2S. The standard InChI is InChI=1S/C14H14BrFN2O2S/c1-17-9-10-7-11(15)8-13(14(10)16)21(19,20)18-12-5-3-2-4-6-12/h2-8,17-18H,9H2,1H3.